The van der Waals surface area contributed by atoms with E-state index in [1.165, 1.54) is 22.4 Å². The number of nitrogens with zero attached hydrogens (tertiary/aromatic N) is 3. The van der Waals surface area contributed by atoms with Crippen molar-refractivity contribution in [2.45, 2.75) is 37.9 Å². The standard InChI is InChI=1S/C23H27N3O2/c1-23-11-13-24(2)21(23)25(3)20-9-8-18(14-19(20)23)28-22(27)26-12-10-16-6-4-5-7-17(16)15-26/h4-9,14,21H,10-13,15H2,1-3H3. The van der Waals surface area contributed by atoms with Crippen molar-refractivity contribution >= 4 is 11.8 Å². The SMILES string of the molecule is CN1CCC2(C)c3cc(OC(=O)N4CCc5ccccc5C4)ccc3N(C)C12. The van der Waals surface area contributed by atoms with E-state index in [1.807, 2.05) is 12.1 Å². The normalized spacial score (nSPS) is 26.0. The lowest BCUT2D eigenvalue weighted by atomic mass is 9.81. The number of hydrogen-bond donors (Lipinski definition) is 0. The Morgan fingerprint density at radius 2 is 1.89 bits per heavy atom. The molecular formula is C23H27N3O2. The first-order valence-electron chi connectivity index (χ1n) is 10.1. The Morgan fingerprint density at radius 1 is 1.11 bits per heavy atom. The van der Waals surface area contributed by atoms with Crippen LogP contribution in [0.2, 0.25) is 0 Å². The van der Waals surface area contributed by atoms with E-state index in [1.54, 1.807) is 4.90 Å². The quantitative estimate of drug-likeness (QED) is 0.761. The van der Waals surface area contributed by atoms with Gasteiger partial charge in [-0.05, 0) is 54.8 Å². The molecule has 5 rings (SSSR count). The maximum Gasteiger partial charge on any atom is 0.415 e. The molecule has 5 heteroatoms. The molecule has 5 nitrogen and oxygen atoms in total. The molecule has 1 amide bonds. The summed E-state index contributed by atoms with van der Waals surface area (Å²) in [6.07, 6.45) is 2.11. The summed E-state index contributed by atoms with van der Waals surface area (Å²) in [6.45, 7) is 4.74. The number of benzene rings is 2. The van der Waals surface area contributed by atoms with Crippen molar-refractivity contribution in [2.24, 2.45) is 0 Å². The van der Waals surface area contributed by atoms with Gasteiger partial charge in [-0.2, -0.15) is 0 Å². The fourth-order valence-corrected chi connectivity index (χ4v) is 5.44. The highest BCUT2D eigenvalue weighted by Gasteiger charge is 2.52. The minimum Gasteiger partial charge on any atom is -0.410 e. The lowest BCUT2D eigenvalue weighted by Gasteiger charge is -2.32. The van der Waals surface area contributed by atoms with E-state index in [2.05, 4.69) is 61.2 Å². The molecular weight excluding hydrogens is 350 g/mol. The largest absolute Gasteiger partial charge is 0.415 e. The molecule has 0 radical (unpaired) electrons. The Bertz CT molecular complexity index is 943. The molecule has 0 N–H and O–H groups in total. The number of fused-ring (bicyclic) bond motifs is 4. The van der Waals surface area contributed by atoms with Crippen molar-refractivity contribution in [1.29, 1.82) is 0 Å². The van der Waals surface area contributed by atoms with Gasteiger partial charge >= 0.3 is 6.09 Å². The third kappa shape index (κ3) is 2.53. The van der Waals surface area contributed by atoms with Crippen LogP contribution in [0, 0.1) is 0 Å². The zero-order chi connectivity index (χ0) is 19.5. The molecule has 0 saturated carbocycles. The van der Waals surface area contributed by atoms with Crippen molar-refractivity contribution in [2.75, 3.05) is 32.1 Å². The highest BCUT2D eigenvalue weighted by atomic mass is 16.6. The molecule has 1 saturated heterocycles. The molecule has 3 aliphatic heterocycles. The topological polar surface area (TPSA) is 36.0 Å². The van der Waals surface area contributed by atoms with Gasteiger partial charge in [0.15, 0.2) is 0 Å². The van der Waals surface area contributed by atoms with Gasteiger partial charge in [-0.3, -0.25) is 4.90 Å². The van der Waals surface area contributed by atoms with Gasteiger partial charge in [0.2, 0.25) is 0 Å². The van der Waals surface area contributed by atoms with Crippen molar-refractivity contribution in [1.82, 2.24) is 9.80 Å². The molecule has 146 valence electrons. The van der Waals surface area contributed by atoms with Crippen LogP contribution in [0.5, 0.6) is 5.75 Å². The van der Waals surface area contributed by atoms with Gasteiger partial charge in [0.25, 0.3) is 0 Å². The van der Waals surface area contributed by atoms with E-state index in [0.717, 1.165) is 19.4 Å². The second-order valence-corrected chi connectivity index (χ2v) is 8.62. The molecule has 0 spiro atoms. The average molecular weight is 377 g/mol. The van der Waals surface area contributed by atoms with E-state index < -0.39 is 0 Å². The van der Waals surface area contributed by atoms with Crippen molar-refractivity contribution in [3.63, 3.8) is 0 Å². The maximum atomic E-state index is 12.8. The number of likely N-dealkylation sites (N-methyl/N-ethyl adjacent to an activating group) is 2. The maximum absolute atomic E-state index is 12.8. The first-order valence-corrected chi connectivity index (χ1v) is 10.1. The van der Waals surface area contributed by atoms with Crippen LogP contribution in [0.25, 0.3) is 0 Å². The van der Waals surface area contributed by atoms with E-state index in [9.17, 15) is 4.79 Å². The second kappa shape index (κ2) is 6.24. The van der Waals surface area contributed by atoms with Crippen molar-refractivity contribution in [3.8, 4) is 5.75 Å². The summed E-state index contributed by atoms with van der Waals surface area (Å²) in [7, 11) is 4.35. The number of likely N-dealkylation sites (tertiary alicyclic amines) is 1. The lowest BCUT2D eigenvalue weighted by molar-refractivity contribution is 0.147. The predicted molar refractivity (Wildman–Crippen MR) is 110 cm³/mol. The first kappa shape index (κ1) is 17.6. The van der Waals surface area contributed by atoms with Crippen molar-refractivity contribution < 1.29 is 9.53 Å². The predicted octanol–water partition coefficient (Wildman–Crippen LogP) is 3.61. The molecule has 3 aliphatic rings. The summed E-state index contributed by atoms with van der Waals surface area (Å²) >= 11 is 0. The molecule has 1 fully saturated rings. The van der Waals surface area contributed by atoms with Crippen LogP contribution in [-0.2, 0) is 18.4 Å². The molecule has 0 aromatic heterocycles. The van der Waals surface area contributed by atoms with Crippen LogP contribution in [0.3, 0.4) is 0 Å². The zero-order valence-corrected chi connectivity index (χ0v) is 16.8. The number of ether oxygens (including phenoxy) is 1. The minimum absolute atomic E-state index is 0.0747. The average Bonchev–Trinajstić information content (AvgIpc) is 3.13. The highest BCUT2D eigenvalue weighted by Crippen LogP contribution is 2.51. The molecule has 2 aromatic carbocycles. The number of anilines is 1. The van der Waals surface area contributed by atoms with Crippen LogP contribution in [0.4, 0.5) is 10.5 Å². The van der Waals surface area contributed by atoms with Crippen LogP contribution in [0.15, 0.2) is 42.5 Å². The van der Waals surface area contributed by atoms with Crippen molar-refractivity contribution in [3.05, 3.63) is 59.2 Å². The molecule has 0 aliphatic carbocycles. The number of rotatable bonds is 1. The second-order valence-electron chi connectivity index (χ2n) is 8.62. The molecule has 28 heavy (non-hydrogen) atoms. The summed E-state index contributed by atoms with van der Waals surface area (Å²) in [5.41, 5.74) is 5.15. The van der Waals surface area contributed by atoms with Crippen LogP contribution < -0.4 is 9.64 Å². The Morgan fingerprint density at radius 3 is 2.71 bits per heavy atom. The van der Waals surface area contributed by atoms with Crippen LogP contribution >= 0.6 is 0 Å². The number of hydrogen-bond acceptors (Lipinski definition) is 4. The zero-order valence-electron chi connectivity index (χ0n) is 16.8. The molecule has 0 bridgehead atoms. The molecule has 2 atom stereocenters. The third-order valence-corrected chi connectivity index (χ3v) is 6.90. The summed E-state index contributed by atoms with van der Waals surface area (Å²) in [4.78, 5) is 19.4. The number of carbonyl (C=O) groups is 1. The van der Waals surface area contributed by atoms with Crippen LogP contribution in [0.1, 0.15) is 30.0 Å². The van der Waals surface area contributed by atoms with Gasteiger partial charge in [0.1, 0.15) is 5.75 Å². The summed E-state index contributed by atoms with van der Waals surface area (Å²) < 4.78 is 5.80. The summed E-state index contributed by atoms with van der Waals surface area (Å²) in [5.74, 6) is 0.646. The minimum atomic E-state index is -0.258. The Labute approximate surface area is 166 Å². The summed E-state index contributed by atoms with van der Waals surface area (Å²) in [5, 5.41) is 0. The Balaban J connectivity index is 1.37. The van der Waals surface area contributed by atoms with E-state index in [-0.39, 0.29) is 11.5 Å². The van der Waals surface area contributed by atoms with Gasteiger partial charge in [-0.15, -0.1) is 0 Å². The fourth-order valence-electron chi connectivity index (χ4n) is 5.44. The first-order chi connectivity index (χ1) is 13.5. The van der Waals surface area contributed by atoms with Gasteiger partial charge in [0, 0.05) is 37.8 Å². The van der Waals surface area contributed by atoms with E-state index in [0.29, 0.717) is 25.0 Å². The van der Waals surface area contributed by atoms with E-state index >= 15 is 0 Å². The Hall–Kier alpha value is -2.53. The van der Waals surface area contributed by atoms with Gasteiger partial charge in [-0.25, -0.2) is 4.79 Å². The van der Waals surface area contributed by atoms with Crippen LogP contribution in [-0.4, -0.2) is 49.2 Å². The van der Waals surface area contributed by atoms with E-state index in [4.69, 9.17) is 4.74 Å². The third-order valence-electron chi connectivity index (χ3n) is 6.90. The van der Waals surface area contributed by atoms with Gasteiger partial charge in [0.05, 0.1) is 6.17 Å². The lowest BCUT2D eigenvalue weighted by Crippen LogP contribution is -2.45. The molecule has 2 unspecified atom stereocenters. The fraction of sp³-hybridized carbons (Fsp3) is 0.435. The molecule has 3 heterocycles. The van der Waals surface area contributed by atoms with Gasteiger partial charge in [-0.1, -0.05) is 31.2 Å². The van der Waals surface area contributed by atoms with Gasteiger partial charge < -0.3 is 14.5 Å². The number of amides is 1. The Kier molecular flexibility index (Phi) is 3.91. The smallest absolute Gasteiger partial charge is 0.410 e. The monoisotopic (exact) mass is 377 g/mol. The number of carbonyl (C=O) groups excluding carboxylic acids is 1. The summed E-state index contributed by atoms with van der Waals surface area (Å²) in [6, 6.07) is 14.4. The molecule has 2 aromatic rings. The highest BCUT2D eigenvalue weighted by molar-refractivity contribution is 5.73.